The Labute approximate surface area is 167 Å². The summed E-state index contributed by atoms with van der Waals surface area (Å²) >= 11 is 0. The van der Waals surface area contributed by atoms with Gasteiger partial charge in [0.15, 0.2) is 0 Å². The molecular weight excluding hydrogens is 350 g/mol. The molecule has 2 atom stereocenters. The van der Waals surface area contributed by atoms with Gasteiger partial charge in [0.2, 0.25) is 5.95 Å². The van der Waals surface area contributed by atoms with E-state index in [-0.39, 0.29) is 5.95 Å². The normalized spacial score (nSPS) is 19.2. The molecule has 6 heteroatoms. The van der Waals surface area contributed by atoms with Gasteiger partial charge in [0.05, 0.1) is 18.5 Å². The minimum atomic E-state index is 0.264. The number of methoxy groups -OCH3 is 1. The molecule has 2 unspecified atom stereocenters. The predicted octanol–water partition coefficient (Wildman–Crippen LogP) is 3.80. The summed E-state index contributed by atoms with van der Waals surface area (Å²) in [5.41, 5.74) is 9.13. The lowest BCUT2D eigenvalue weighted by molar-refractivity contribution is 0.289. The molecule has 1 aliphatic carbocycles. The molecule has 0 amide bonds. The quantitative estimate of drug-likeness (QED) is 0.762. The second kappa shape index (κ2) is 8.89. The number of nitrogen functional groups attached to an aromatic ring is 1. The van der Waals surface area contributed by atoms with E-state index in [2.05, 4.69) is 71.4 Å². The zero-order valence-electron chi connectivity index (χ0n) is 17.0. The Kier molecular flexibility index (Phi) is 6.31. The number of rotatable bonds is 7. The minimum absolute atomic E-state index is 0.264. The van der Waals surface area contributed by atoms with Gasteiger partial charge >= 0.3 is 0 Å². The highest BCUT2D eigenvalue weighted by Crippen LogP contribution is 2.30. The number of allylic oxidation sites excluding steroid dienone is 3. The van der Waals surface area contributed by atoms with E-state index >= 15 is 0 Å². The molecule has 148 valence electrons. The Hall–Kier alpha value is -2.86. The summed E-state index contributed by atoms with van der Waals surface area (Å²) < 4.78 is 5.53. The number of anilines is 2. The first-order valence-electron chi connectivity index (χ1n) is 9.55. The van der Waals surface area contributed by atoms with Gasteiger partial charge in [-0.25, -0.2) is 4.98 Å². The van der Waals surface area contributed by atoms with Gasteiger partial charge in [-0.15, -0.1) is 0 Å². The molecule has 3 N–H and O–H groups in total. The van der Waals surface area contributed by atoms with Crippen LogP contribution in [0.15, 0.2) is 60.0 Å². The molecule has 0 aliphatic heterocycles. The van der Waals surface area contributed by atoms with E-state index in [0.29, 0.717) is 24.2 Å². The van der Waals surface area contributed by atoms with Crippen LogP contribution in [0.4, 0.5) is 11.8 Å². The number of nitrogens with two attached hydrogens (primary N) is 1. The van der Waals surface area contributed by atoms with Crippen LogP contribution in [0.5, 0.6) is 0 Å². The average molecular weight is 380 g/mol. The van der Waals surface area contributed by atoms with Crippen molar-refractivity contribution in [3.63, 3.8) is 0 Å². The Balaban J connectivity index is 1.76. The number of hydrogen-bond donors (Lipinski definition) is 2. The van der Waals surface area contributed by atoms with Crippen molar-refractivity contribution in [2.24, 2.45) is 11.8 Å². The van der Waals surface area contributed by atoms with Gasteiger partial charge in [0.1, 0.15) is 11.6 Å². The van der Waals surface area contributed by atoms with Gasteiger partial charge in [-0.05, 0) is 24.6 Å². The second-order valence-electron chi connectivity index (χ2n) is 7.37. The highest BCUT2D eigenvalue weighted by atomic mass is 16.5. The predicted molar refractivity (Wildman–Crippen MR) is 113 cm³/mol. The lowest BCUT2D eigenvalue weighted by atomic mass is 9.88. The third-order valence-corrected chi connectivity index (χ3v) is 5.07. The molecule has 1 aliphatic rings. The van der Waals surface area contributed by atoms with Gasteiger partial charge in [-0.1, -0.05) is 50.3 Å². The monoisotopic (exact) mass is 379 g/mol. The van der Waals surface area contributed by atoms with Crippen molar-refractivity contribution in [2.75, 3.05) is 25.2 Å². The summed E-state index contributed by atoms with van der Waals surface area (Å²) in [5, 5.41) is 3.42. The number of ether oxygens (including phenoxy) is 1. The maximum absolute atomic E-state index is 5.98. The van der Waals surface area contributed by atoms with Crippen LogP contribution < -0.4 is 11.1 Å². The molecule has 1 aromatic carbocycles. The first kappa shape index (κ1) is 19.9. The lowest BCUT2D eigenvalue weighted by Crippen LogP contribution is -2.22. The van der Waals surface area contributed by atoms with E-state index in [1.165, 1.54) is 5.56 Å². The van der Waals surface area contributed by atoms with Crippen LogP contribution in [0, 0.1) is 11.8 Å². The zero-order valence-corrected chi connectivity index (χ0v) is 17.0. The van der Waals surface area contributed by atoms with Gasteiger partial charge in [0, 0.05) is 25.1 Å². The Bertz CT molecular complexity index is 862. The van der Waals surface area contributed by atoms with Crippen LogP contribution in [0.2, 0.25) is 0 Å². The summed E-state index contributed by atoms with van der Waals surface area (Å²) in [6, 6.07) is 12.3. The molecule has 0 spiro atoms. The molecule has 1 heterocycles. The smallest absolute Gasteiger partial charge is 0.222 e. The van der Waals surface area contributed by atoms with Crippen LogP contribution in [-0.4, -0.2) is 29.0 Å². The van der Waals surface area contributed by atoms with Gasteiger partial charge in [0.25, 0.3) is 0 Å². The van der Waals surface area contributed by atoms with Crippen molar-refractivity contribution < 1.29 is 4.74 Å². The van der Waals surface area contributed by atoms with E-state index in [1.807, 2.05) is 18.2 Å². The number of hydrogen-bond acceptors (Lipinski definition) is 6. The summed E-state index contributed by atoms with van der Waals surface area (Å²) in [5.74, 6) is 2.48. The molecule has 28 heavy (non-hydrogen) atoms. The fourth-order valence-electron chi connectivity index (χ4n) is 3.36. The van der Waals surface area contributed by atoms with Crippen LogP contribution in [0.25, 0.3) is 0 Å². The number of benzene rings is 1. The third-order valence-electron chi connectivity index (χ3n) is 5.07. The molecule has 0 saturated carbocycles. The first-order valence-corrected chi connectivity index (χ1v) is 9.55. The van der Waals surface area contributed by atoms with Crippen molar-refractivity contribution in [2.45, 2.75) is 26.9 Å². The summed E-state index contributed by atoms with van der Waals surface area (Å²) in [4.78, 5) is 11.0. The average Bonchev–Trinajstić information content (AvgIpc) is 2.66. The molecule has 1 aromatic heterocycles. The molecule has 0 radical (unpaired) electrons. The summed E-state index contributed by atoms with van der Waals surface area (Å²) in [6.07, 6.45) is 4.17. The molecule has 0 bridgehead atoms. The molecule has 0 saturated heterocycles. The fourth-order valence-corrected chi connectivity index (χ4v) is 3.36. The van der Waals surface area contributed by atoms with Crippen molar-refractivity contribution in [1.29, 1.82) is 0 Å². The number of nitrogens with one attached hydrogen (secondary N) is 1. The maximum atomic E-state index is 5.98. The number of aromatic nitrogens is 2. The van der Waals surface area contributed by atoms with Gasteiger partial charge < -0.3 is 15.8 Å². The lowest BCUT2D eigenvalue weighted by Gasteiger charge is -2.27. The number of nitrogens with zero attached hydrogens (tertiary/aromatic N) is 3. The molecular formula is C22H29N5O. The molecule has 0 fully saturated rings. The van der Waals surface area contributed by atoms with E-state index in [0.717, 1.165) is 23.7 Å². The fraction of sp³-hybridized carbons (Fsp3) is 0.364. The highest BCUT2D eigenvalue weighted by molar-refractivity contribution is 5.48. The van der Waals surface area contributed by atoms with Crippen LogP contribution >= 0.6 is 0 Å². The Morgan fingerprint density at radius 1 is 1.14 bits per heavy atom. The molecule has 3 rings (SSSR count). The topological polar surface area (TPSA) is 76.3 Å². The highest BCUT2D eigenvalue weighted by Gasteiger charge is 2.23. The van der Waals surface area contributed by atoms with Crippen molar-refractivity contribution in [3.8, 4) is 0 Å². The third kappa shape index (κ3) is 4.89. The summed E-state index contributed by atoms with van der Waals surface area (Å²) in [7, 11) is 3.75. The maximum Gasteiger partial charge on any atom is 0.222 e. The molecule has 6 nitrogen and oxygen atoms in total. The standard InChI is InChI=1S/C22H29N5O/c1-15-10-11-19(28-4)21(16(15)2)25-20-12-18(24-22(23)26-20)14-27(3)13-17-8-6-5-7-9-17/h5-12,15-16H,13-14H2,1-4H3,(H3,23,24,25,26). The van der Waals surface area contributed by atoms with Crippen molar-refractivity contribution in [1.82, 2.24) is 14.9 Å². The van der Waals surface area contributed by atoms with E-state index in [4.69, 9.17) is 10.5 Å². The van der Waals surface area contributed by atoms with Crippen LogP contribution in [0.3, 0.4) is 0 Å². The van der Waals surface area contributed by atoms with Crippen LogP contribution in [-0.2, 0) is 17.8 Å². The SMILES string of the molecule is COC1=C(Nc2cc(CN(C)Cc3ccccc3)nc(N)n2)C(C)C(C)C=C1. The summed E-state index contributed by atoms with van der Waals surface area (Å²) in [6.45, 7) is 5.88. The Morgan fingerprint density at radius 2 is 1.89 bits per heavy atom. The first-order chi connectivity index (χ1) is 13.5. The van der Waals surface area contributed by atoms with Gasteiger partial charge in [-0.2, -0.15) is 4.98 Å². The Morgan fingerprint density at radius 3 is 2.61 bits per heavy atom. The van der Waals surface area contributed by atoms with E-state index in [1.54, 1.807) is 7.11 Å². The minimum Gasteiger partial charge on any atom is -0.495 e. The van der Waals surface area contributed by atoms with Gasteiger partial charge in [-0.3, -0.25) is 4.90 Å². The second-order valence-corrected chi connectivity index (χ2v) is 7.37. The van der Waals surface area contributed by atoms with Crippen LogP contribution in [0.1, 0.15) is 25.1 Å². The largest absolute Gasteiger partial charge is 0.495 e. The van der Waals surface area contributed by atoms with E-state index < -0.39 is 0 Å². The van der Waals surface area contributed by atoms with E-state index in [9.17, 15) is 0 Å². The zero-order chi connectivity index (χ0) is 20.1. The van der Waals surface area contributed by atoms with Crippen molar-refractivity contribution >= 4 is 11.8 Å². The van der Waals surface area contributed by atoms with Crippen molar-refractivity contribution in [3.05, 3.63) is 71.3 Å². The molecule has 2 aromatic rings.